The van der Waals surface area contributed by atoms with Crippen LogP contribution in [-0.2, 0) is 9.53 Å². The zero-order valence-electron chi connectivity index (χ0n) is 13.2. The Labute approximate surface area is 127 Å². The van der Waals surface area contributed by atoms with E-state index in [4.69, 9.17) is 4.74 Å². The Morgan fingerprint density at radius 1 is 1.15 bits per heavy atom. The highest BCUT2D eigenvalue weighted by molar-refractivity contribution is 7.99. The van der Waals surface area contributed by atoms with E-state index < -0.39 is 0 Å². The summed E-state index contributed by atoms with van der Waals surface area (Å²) < 4.78 is 5.80. The molecule has 0 aromatic rings. The first-order valence-corrected chi connectivity index (χ1v) is 8.90. The third kappa shape index (κ3) is 3.89. The lowest BCUT2D eigenvalue weighted by atomic mass is 9.99. The van der Waals surface area contributed by atoms with Crippen molar-refractivity contribution in [2.45, 2.75) is 45.9 Å². The lowest BCUT2D eigenvalue weighted by Crippen LogP contribution is -2.58. The molecule has 2 aliphatic heterocycles. The van der Waals surface area contributed by atoms with Gasteiger partial charge in [-0.05, 0) is 19.8 Å². The SMILES string of the molecule is CC1CN(C(C(=O)N2CCSCC2)C(C)C)CC(C)O1. The van der Waals surface area contributed by atoms with Gasteiger partial charge in [0.05, 0.1) is 18.2 Å². The Bertz CT molecular complexity index is 322. The Balaban J connectivity index is 2.07. The fourth-order valence-corrected chi connectivity index (χ4v) is 4.18. The standard InChI is InChI=1S/C15H28N2O2S/c1-11(2)14(15(18)16-5-7-20-8-6-16)17-9-12(3)19-13(4)10-17/h11-14H,5-10H2,1-4H3. The van der Waals surface area contributed by atoms with Crippen LogP contribution >= 0.6 is 11.8 Å². The summed E-state index contributed by atoms with van der Waals surface area (Å²) in [5.74, 6) is 2.81. The van der Waals surface area contributed by atoms with Crippen molar-refractivity contribution < 1.29 is 9.53 Å². The molecule has 5 heteroatoms. The molecular weight excluding hydrogens is 272 g/mol. The van der Waals surface area contributed by atoms with Crippen molar-refractivity contribution in [3.05, 3.63) is 0 Å². The number of hydrogen-bond acceptors (Lipinski definition) is 4. The smallest absolute Gasteiger partial charge is 0.240 e. The molecule has 0 bridgehead atoms. The Hall–Kier alpha value is -0.260. The molecule has 4 nitrogen and oxygen atoms in total. The minimum atomic E-state index is 0.00639. The van der Waals surface area contributed by atoms with Crippen molar-refractivity contribution in [3.63, 3.8) is 0 Å². The summed E-state index contributed by atoms with van der Waals surface area (Å²) in [6, 6.07) is 0.00639. The Morgan fingerprint density at radius 3 is 2.20 bits per heavy atom. The summed E-state index contributed by atoms with van der Waals surface area (Å²) in [7, 11) is 0. The van der Waals surface area contributed by atoms with Crippen LogP contribution in [0, 0.1) is 5.92 Å². The van der Waals surface area contributed by atoms with Crippen molar-refractivity contribution in [1.82, 2.24) is 9.80 Å². The number of thioether (sulfide) groups is 1. The van der Waals surface area contributed by atoms with Gasteiger partial charge in [-0.3, -0.25) is 9.69 Å². The molecule has 2 fully saturated rings. The molecule has 0 saturated carbocycles. The van der Waals surface area contributed by atoms with Crippen LogP contribution in [0.1, 0.15) is 27.7 Å². The van der Waals surface area contributed by atoms with Crippen molar-refractivity contribution >= 4 is 17.7 Å². The Kier molecular flexibility index (Phi) is 5.75. The van der Waals surface area contributed by atoms with E-state index in [-0.39, 0.29) is 18.2 Å². The summed E-state index contributed by atoms with van der Waals surface area (Å²) >= 11 is 1.95. The predicted molar refractivity (Wildman–Crippen MR) is 84.1 cm³/mol. The summed E-state index contributed by atoms with van der Waals surface area (Å²) in [6.45, 7) is 12.1. The second kappa shape index (κ2) is 7.14. The molecular formula is C15H28N2O2S. The van der Waals surface area contributed by atoms with Crippen molar-refractivity contribution in [2.24, 2.45) is 5.92 Å². The maximum atomic E-state index is 12.9. The number of carbonyl (C=O) groups excluding carboxylic acids is 1. The molecule has 0 radical (unpaired) electrons. The summed E-state index contributed by atoms with van der Waals surface area (Å²) in [6.07, 6.45) is 0.425. The molecule has 2 heterocycles. The molecule has 3 atom stereocenters. The first-order chi connectivity index (χ1) is 9.49. The zero-order valence-corrected chi connectivity index (χ0v) is 14.0. The summed E-state index contributed by atoms with van der Waals surface area (Å²) in [5, 5.41) is 0. The van der Waals surface area contributed by atoms with Gasteiger partial charge in [-0.15, -0.1) is 0 Å². The number of rotatable bonds is 3. The first-order valence-electron chi connectivity index (χ1n) is 7.75. The molecule has 0 aromatic heterocycles. The molecule has 3 unspecified atom stereocenters. The largest absolute Gasteiger partial charge is 0.373 e. The van der Waals surface area contributed by atoms with Gasteiger partial charge in [-0.2, -0.15) is 11.8 Å². The number of nitrogens with zero attached hydrogens (tertiary/aromatic N) is 2. The molecule has 2 rings (SSSR count). The molecule has 116 valence electrons. The van der Waals surface area contributed by atoms with Crippen LogP contribution < -0.4 is 0 Å². The second-order valence-electron chi connectivity index (χ2n) is 6.34. The number of morpholine rings is 1. The fraction of sp³-hybridized carbons (Fsp3) is 0.933. The second-order valence-corrected chi connectivity index (χ2v) is 7.56. The summed E-state index contributed by atoms with van der Waals surface area (Å²) in [5.41, 5.74) is 0. The van der Waals surface area contributed by atoms with Crippen LogP contribution in [0.15, 0.2) is 0 Å². The minimum Gasteiger partial charge on any atom is -0.373 e. The highest BCUT2D eigenvalue weighted by Crippen LogP contribution is 2.21. The molecule has 0 aromatic carbocycles. The third-order valence-corrected chi connectivity index (χ3v) is 4.99. The van der Waals surface area contributed by atoms with Crippen LogP contribution in [-0.4, -0.2) is 71.6 Å². The van der Waals surface area contributed by atoms with Crippen LogP contribution in [0.5, 0.6) is 0 Å². The molecule has 20 heavy (non-hydrogen) atoms. The van der Waals surface area contributed by atoms with Crippen molar-refractivity contribution in [2.75, 3.05) is 37.7 Å². The lowest BCUT2D eigenvalue weighted by molar-refractivity contribution is -0.145. The molecule has 1 amide bonds. The monoisotopic (exact) mass is 300 g/mol. The molecule has 0 aliphatic carbocycles. The predicted octanol–water partition coefficient (Wildman–Crippen LogP) is 1.70. The Morgan fingerprint density at radius 2 is 1.70 bits per heavy atom. The molecule has 0 N–H and O–H groups in total. The number of hydrogen-bond donors (Lipinski definition) is 0. The molecule has 0 spiro atoms. The normalized spacial score (nSPS) is 30.6. The van der Waals surface area contributed by atoms with Gasteiger partial charge < -0.3 is 9.64 Å². The van der Waals surface area contributed by atoms with Gasteiger partial charge in [-0.25, -0.2) is 0 Å². The van der Waals surface area contributed by atoms with Gasteiger partial charge in [0.15, 0.2) is 0 Å². The van der Waals surface area contributed by atoms with E-state index in [2.05, 4.69) is 37.5 Å². The van der Waals surface area contributed by atoms with Gasteiger partial charge in [-0.1, -0.05) is 13.8 Å². The maximum Gasteiger partial charge on any atom is 0.240 e. The zero-order chi connectivity index (χ0) is 14.7. The van der Waals surface area contributed by atoms with Crippen LogP contribution in [0.4, 0.5) is 0 Å². The quantitative estimate of drug-likeness (QED) is 0.794. The van der Waals surface area contributed by atoms with Crippen LogP contribution in [0.3, 0.4) is 0 Å². The van der Waals surface area contributed by atoms with Gasteiger partial charge >= 0.3 is 0 Å². The maximum absolute atomic E-state index is 12.9. The van der Waals surface area contributed by atoms with Gasteiger partial charge in [0.25, 0.3) is 0 Å². The number of carbonyl (C=O) groups is 1. The third-order valence-electron chi connectivity index (χ3n) is 4.05. The number of ether oxygens (including phenoxy) is 1. The molecule has 2 saturated heterocycles. The van der Waals surface area contributed by atoms with E-state index in [1.54, 1.807) is 0 Å². The van der Waals surface area contributed by atoms with Crippen LogP contribution in [0.2, 0.25) is 0 Å². The molecule has 2 aliphatic rings. The van der Waals surface area contributed by atoms with Gasteiger partial charge in [0.2, 0.25) is 5.91 Å². The van der Waals surface area contributed by atoms with E-state index >= 15 is 0 Å². The van der Waals surface area contributed by atoms with E-state index in [1.165, 1.54) is 0 Å². The average molecular weight is 300 g/mol. The minimum absolute atomic E-state index is 0.00639. The van der Waals surface area contributed by atoms with Gasteiger partial charge in [0, 0.05) is 37.7 Å². The van der Waals surface area contributed by atoms with E-state index in [9.17, 15) is 4.79 Å². The highest BCUT2D eigenvalue weighted by Gasteiger charge is 2.36. The lowest BCUT2D eigenvalue weighted by Gasteiger charge is -2.43. The number of amides is 1. The van der Waals surface area contributed by atoms with E-state index in [0.29, 0.717) is 11.8 Å². The fourth-order valence-electron chi connectivity index (χ4n) is 3.28. The first kappa shape index (κ1) is 16.1. The van der Waals surface area contributed by atoms with Crippen LogP contribution in [0.25, 0.3) is 0 Å². The van der Waals surface area contributed by atoms with E-state index in [1.807, 2.05) is 11.8 Å². The topological polar surface area (TPSA) is 32.8 Å². The average Bonchev–Trinajstić information content (AvgIpc) is 2.38. The summed E-state index contributed by atoms with van der Waals surface area (Å²) in [4.78, 5) is 17.3. The van der Waals surface area contributed by atoms with Crippen molar-refractivity contribution in [3.8, 4) is 0 Å². The van der Waals surface area contributed by atoms with Gasteiger partial charge in [0.1, 0.15) is 0 Å². The van der Waals surface area contributed by atoms with Crippen molar-refractivity contribution in [1.29, 1.82) is 0 Å². The highest BCUT2D eigenvalue weighted by atomic mass is 32.2. The van der Waals surface area contributed by atoms with E-state index in [0.717, 1.165) is 37.7 Å².